The van der Waals surface area contributed by atoms with E-state index in [1.54, 1.807) is 7.11 Å². The lowest BCUT2D eigenvalue weighted by molar-refractivity contribution is -0.119. The van der Waals surface area contributed by atoms with Crippen LogP contribution in [0.2, 0.25) is 0 Å². The predicted octanol–water partition coefficient (Wildman–Crippen LogP) is 2.82. The predicted molar refractivity (Wildman–Crippen MR) is 129 cm³/mol. The zero-order valence-electron chi connectivity index (χ0n) is 18.1. The number of carbonyl (C=O) groups excluding carboxylic acids is 1. The number of nitrogens with one attached hydrogen (secondary N) is 3. The van der Waals surface area contributed by atoms with Crippen molar-refractivity contribution in [2.45, 2.75) is 58.6 Å². The number of hydrogen-bond donors (Lipinski definition) is 4. The van der Waals surface area contributed by atoms with Crippen LogP contribution in [0.1, 0.15) is 52.0 Å². The molecule has 0 aromatic heterocycles. The molecule has 1 aromatic rings. The summed E-state index contributed by atoms with van der Waals surface area (Å²) in [6, 6.07) is 7.55. The first-order valence-corrected chi connectivity index (χ1v) is 10.1. The van der Waals surface area contributed by atoms with Gasteiger partial charge in [-0.05, 0) is 37.5 Å². The van der Waals surface area contributed by atoms with Gasteiger partial charge in [0.05, 0.1) is 12.7 Å². The van der Waals surface area contributed by atoms with E-state index in [-0.39, 0.29) is 36.4 Å². The van der Waals surface area contributed by atoms with Gasteiger partial charge in [0, 0.05) is 19.6 Å². The molecule has 0 spiro atoms. The third-order valence-electron chi connectivity index (χ3n) is 4.39. The van der Waals surface area contributed by atoms with Crippen LogP contribution in [-0.4, -0.2) is 49.3 Å². The second-order valence-corrected chi connectivity index (χ2v) is 6.90. The van der Waals surface area contributed by atoms with Gasteiger partial charge in [-0.25, -0.2) is 4.99 Å². The van der Waals surface area contributed by atoms with Gasteiger partial charge in [0.1, 0.15) is 12.3 Å². The van der Waals surface area contributed by atoms with Crippen molar-refractivity contribution >= 4 is 35.8 Å². The number of hydrogen-bond acceptors (Lipinski definition) is 4. The lowest BCUT2D eigenvalue weighted by Gasteiger charge is -2.28. The highest BCUT2D eigenvalue weighted by Gasteiger charge is 2.24. The van der Waals surface area contributed by atoms with Crippen molar-refractivity contribution in [3.8, 4) is 5.75 Å². The Morgan fingerprint density at radius 3 is 2.21 bits per heavy atom. The smallest absolute Gasteiger partial charge is 0.242 e. The van der Waals surface area contributed by atoms with Crippen molar-refractivity contribution in [1.82, 2.24) is 16.0 Å². The minimum Gasteiger partial charge on any atom is -0.497 e. The van der Waals surface area contributed by atoms with E-state index in [0.29, 0.717) is 25.6 Å². The summed E-state index contributed by atoms with van der Waals surface area (Å²) in [6.45, 7) is 7.64. The molecule has 0 saturated heterocycles. The Hall–Kier alpha value is -1.55. The normalized spacial score (nSPS) is 11.4. The summed E-state index contributed by atoms with van der Waals surface area (Å²) in [4.78, 5) is 16.4. The van der Waals surface area contributed by atoms with E-state index in [1.807, 2.05) is 31.2 Å². The summed E-state index contributed by atoms with van der Waals surface area (Å²) in [5.74, 6) is 1.16. The maximum absolute atomic E-state index is 12.1. The molecule has 0 bridgehead atoms. The van der Waals surface area contributed by atoms with Crippen molar-refractivity contribution in [3.05, 3.63) is 29.8 Å². The Labute approximate surface area is 192 Å². The Bertz CT molecular complexity index is 602. The van der Waals surface area contributed by atoms with E-state index < -0.39 is 5.60 Å². The van der Waals surface area contributed by atoms with Gasteiger partial charge in [-0.15, -0.1) is 24.0 Å². The first-order chi connectivity index (χ1) is 13.5. The molecule has 0 unspecified atom stereocenters. The third-order valence-corrected chi connectivity index (χ3v) is 4.39. The van der Waals surface area contributed by atoms with E-state index in [2.05, 4.69) is 34.8 Å². The molecule has 0 aliphatic heterocycles. The number of aliphatic hydroxyl groups is 1. The van der Waals surface area contributed by atoms with Gasteiger partial charge in [-0.3, -0.25) is 4.79 Å². The van der Waals surface area contributed by atoms with Crippen LogP contribution in [-0.2, 0) is 11.3 Å². The molecule has 0 aliphatic carbocycles. The minimum absolute atomic E-state index is 0. The van der Waals surface area contributed by atoms with E-state index in [9.17, 15) is 9.90 Å². The van der Waals surface area contributed by atoms with Gasteiger partial charge in [0.25, 0.3) is 0 Å². The molecule has 1 aromatic carbocycles. The van der Waals surface area contributed by atoms with Crippen LogP contribution in [0.4, 0.5) is 0 Å². The highest BCUT2D eigenvalue weighted by Crippen LogP contribution is 2.18. The number of nitrogens with zero attached hydrogens (tertiary/aromatic N) is 1. The molecule has 0 radical (unpaired) electrons. The fourth-order valence-corrected chi connectivity index (χ4v) is 2.97. The maximum atomic E-state index is 12.1. The van der Waals surface area contributed by atoms with Crippen LogP contribution >= 0.6 is 24.0 Å². The molecule has 7 nitrogen and oxygen atoms in total. The Morgan fingerprint density at radius 2 is 1.69 bits per heavy atom. The molecular formula is C21H37IN4O3. The van der Waals surface area contributed by atoms with Crippen molar-refractivity contribution < 1.29 is 14.6 Å². The van der Waals surface area contributed by atoms with Crippen LogP contribution in [0.5, 0.6) is 5.75 Å². The van der Waals surface area contributed by atoms with Gasteiger partial charge < -0.3 is 25.8 Å². The first-order valence-electron chi connectivity index (χ1n) is 10.1. The molecule has 1 amide bonds. The van der Waals surface area contributed by atoms with Crippen LogP contribution < -0.4 is 20.7 Å². The summed E-state index contributed by atoms with van der Waals surface area (Å²) in [5.41, 5.74) is 0.239. The number of rotatable bonds is 12. The van der Waals surface area contributed by atoms with Gasteiger partial charge in [-0.1, -0.05) is 38.8 Å². The lowest BCUT2D eigenvalue weighted by atomic mass is 9.93. The van der Waals surface area contributed by atoms with Gasteiger partial charge in [-0.2, -0.15) is 0 Å². The second-order valence-electron chi connectivity index (χ2n) is 6.90. The number of benzene rings is 1. The van der Waals surface area contributed by atoms with E-state index in [0.717, 1.165) is 37.0 Å². The number of ether oxygens (including phenoxy) is 1. The molecule has 166 valence electrons. The molecule has 0 aliphatic rings. The first kappa shape index (κ1) is 27.5. The highest BCUT2D eigenvalue weighted by molar-refractivity contribution is 14.0. The average molecular weight is 520 g/mol. The zero-order valence-corrected chi connectivity index (χ0v) is 20.4. The summed E-state index contributed by atoms with van der Waals surface area (Å²) in [5, 5.41) is 19.9. The topological polar surface area (TPSA) is 95.0 Å². The zero-order chi connectivity index (χ0) is 20.8. The average Bonchev–Trinajstić information content (AvgIpc) is 2.69. The molecular weight excluding hydrogens is 483 g/mol. The summed E-state index contributed by atoms with van der Waals surface area (Å²) >= 11 is 0. The fraction of sp³-hybridized carbons (Fsp3) is 0.619. The van der Waals surface area contributed by atoms with Crippen LogP contribution in [0.15, 0.2) is 29.3 Å². The summed E-state index contributed by atoms with van der Waals surface area (Å²) in [6.07, 6.45) is 3.30. The number of carbonyl (C=O) groups is 1. The Kier molecular flexibility index (Phi) is 14.5. The molecule has 0 saturated carbocycles. The third kappa shape index (κ3) is 11.3. The molecule has 8 heteroatoms. The number of halogens is 1. The van der Waals surface area contributed by atoms with Crippen molar-refractivity contribution in [1.29, 1.82) is 0 Å². The molecule has 0 atom stereocenters. The van der Waals surface area contributed by atoms with E-state index >= 15 is 0 Å². The van der Waals surface area contributed by atoms with Crippen LogP contribution in [0.3, 0.4) is 0 Å². The minimum atomic E-state index is -0.754. The van der Waals surface area contributed by atoms with Crippen molar-refractivity contribution in [3.63, 3.8) is 0 Å². The molecule has 4 N–H and O–H groups in total. The molecule has 0 fully saturated rings. The van der Waals surface area contributed by atoms with Crippen LogP contribution in [0, 0.1) is 0 Å². The number of guanidine groups is 1. The molecule has 0 heterocycles. The summed E-state index contributed by atoms with van der Waals surface area (Å²) in [7, 11) is 1.62. The van der Waals surface area contributed by atoms with Gasteiger partial charge in [0.2, 0.25) is 5.91 Å². The summed E-state index contributed by atoms with van der Waals surface area (Å²) < 4.78 is 5.12. The van der Waals surface area contributed by atoms with Crippen molar-refractivity contribution in [2.24, 2.45) is 4.99 Å². The molecule has 29 heavy (non-hydrogen) atoms. The SMILES string of the molecule is CCCC(O)(CCC)CNC(=NCC(=O)NCc1ccc(OC)cc1)NCC.I. The van der Waals surface area contributed by atoms with E-state index in [4.69, 9.17) is 4.74 Å². The van der Waals surface area contributed by atoms with Gasteiger partial charge in [0.15, 0.2) is 5.96 Å². The highest BCUT2D eigenvalue weighted by atomic mass is 127. The number of amides is 1. The quantitative estimate of drug-likeness (QED) is 0.193. The van der Waals surface area contributed by atoms with E-state index in [1.165, 1.54) is 0 Å². The van der Waals surface area contributed by atoms with Crippen LogP contribution in [0.25, 0.3) is 0 Å². The molecule has 1 rings (SSSR count). The largest absolute Gasteiger partial charge is 0.497 e. The standard InChI is InChI=1S/C21H36N4O3.HI/c1-5-12-21(27,13-6-2)16-25-20(22-7-3)24-15-19(26)23-14-17-8-10-18(28-4)11-9-17;/h8-11,27H,5-7,12-16H2,1-4H3,(H,23,26)(H2,22,24,25);1H. The van der Waals surface area contributed by atoms with Gasteiger partial charge >= 0.3 is 0 Å². The second kappa shape index (κ2) is 15.3. The maximum Gasteiger partial charge on any atom is 0.242 e. The fourth-order valence-electron chi connectivity index (χ4n) is 2.97. The number of methoxy groups -OCH3 is 1. The lowest BCUT2D eigenvalue weighted by Crippen LogP contribution is -2.47. The Morgan fingerprint density at radius 1 is 1.07 bits per heavy atom. The monoisotopic (exact) mass is 520 g/mol. The number of aliphatic imine (C=N–C) groups is 1. The Balaban J connectivity index is 0.00000784. The van der Waals surface area contributed by atoms with Crippen molar-refractivity contribution in [2.75, 3.05) is 26.7 Å².